The van der Waals surface area contributed by atoms with Crippen LogP contribution in [0.15, 0.2) is 11.3 Å². The lowest BCUT2D eigenvalue weighted by atomic mass is 9.95. The summed E-state index contributed by atoms with van der Waals surface area (Å²) in [5, 5.41) is 0. The van der Waals surface area contributed by atoms with Crippen LogP contribution in [0, 0.1) is 5.92 Å². The molecule has 0 saturated carbocycles. The Morgan fingerprint density at radius 2 is 1.58 bits per heavy atom. The number of methoxy groups -OCH3 is 1. The molecule has 2 N–H and O–H groups in total. The van der Waals surface area contributed by atoms with E-state index in [0.29, 0.717) is 0 Å². The van der Waals surface area contributed by atoms with Crippen molar-refractivity contribution in [2.24, 2.45) is 11.7 Å². The predicted molar refractivity (Wildman–Crippen MR) is 73.1 cm³/mol. The zero-order valence-corrected chi connectivity index (χ0v) is 12.7. The van der Waals surface area contributed by atoms with E-state index in [4.69, 9.17) is 10.5 Å². The highest BCUT2D eigenvalue weighted by Crippen LogP contribution is 2.21. The Labute approximate surface area is 115 Å². The molecule has 0 saturated heterocycles. The Morgan fingerprint density at radius 1 is 1.11 bits per heavy atom. The first-order chi connectivity index (χ1) is 8.67. The molecule has 5 heteroatoms. The topological polar surface area (TPSA) is 78.6 Å². The van der Waals surface area contributed by atoms with E-state index in [9.17, 15) is 9.59 Å². The number of hydrogen-bond acceptors (Lipinski definition) is 5. The summed E-state index contributed by atoms with van der Waals surface area (Å²) >= 11 is 0. The van der Waals surface area contributed by atoms with Gasteiger partial charge < -0.3 is 15.2 Å². The third kappa shape index (κ3) is 5.32. The molecule has 0 heterocycles. The van der Waals surface area contributed by atoms with Crippen molar-refractivity contribution in [3.8, 4) is 0 Å². The van der Waals surface area contributed by atoms with Crippen LogP contribution in [0.2, 0.25) is 0 Å². The zero-order valence-electron chi connectivity index (χ0n) is 12.7. The van der Waals surface area contributed by atoms with Crippen LogP contribution in [0.4, 0.5) is 0 Å². The van der Waals surface area contributed by atoms with Crippen molar-refractivity contribution in [1.82, 2.24) is 0 Å². The number of carbonyl (C=O) groups is 2. The normalized spacial score (nSPS) is 13.0. The van der Waals surface area contributed by atoms with Gasteiger partial charge in [-0.1, -0.05) is 13.8 Å². The van der Waals surface area contributed by atoms with E-state index in [1.807, 2.05) is 13.8 Å². The van der Waals surface area contributed by atoms with Crippen molar-refractivity contribution in [1.29, 1.82) is 0 Å². The molecule has 0 aromatic carbocycles. The van der Waals surface area contributed by atoms with Gasteiger partial charge >= 0.3 is 11.9 Å². The van der Waals surface area contributed by atoms with E-state index in [1.54, 1.807) is 20.8 Å². The SMILES string of the molecule is CCC(CC)C(N)=C(C(=O)OC)C(=O)OC(C)(C)C. The average Bonchev–Trinajstić information content (AvgIpc) is 2.28. The van der Waals surface area contributed by atoms with Crippen LogP contribution in [0.1, 0.15) is 47.5 Å². The first kappa shape index (κ1) is 17.5. The van der Waals surface area contributed by atoms with Crippen LogP contribution in [0.3, 0.4) is 0 Å². The lowest BCUT2D eigenvalue weighted by molar-refractivity contribution is -0.153. The van der Waals surface area contributed by atoms with Gasteiger partial charge in [0, 0.05) is 5.70 Å². The number of esters is 2. The average molecular weight is 271 g/mol. The minimum absolute atomic E-state index is 0.0402. The van der Waals surface area contributed by atoms with Crippen molar-refractivity contribution < 1.29 is 19.1 Å². The Balaban J connectivity index is 5.50. The van der Waals surface area contributed by atoms with E-state index < -0.39 is 17.5 Å². The summed E-state index contributed by atoms with van der Waals surface area (Å²) in [5.74, 6) is -1.52. The number of rotatable bonds is 5. The summed E-state index contributed by atoms with van der Waals surface area (Å²) < 4.78 is 9.84. The molecule has 19 heavy (non-hydrogen) atoms. The molecule has 0 radical (unpaired) electrons. The number of hydrogen-bond donors (Lipinski definition) is 1. The first-order valence-corrected chi connectivity index (χ1v) is 6.49. The molecule has 0 aromatic rings. The lowest BCUT2D eigenvalue weighted by Crippen LogP contribution is -2.31. The van der Waals surface area contributed by atoms with Crippen molar-refractivity contribution in [2.45, 2.75) is 53.1 Å². The van der Waals surface area contributed by atoms with Gasteiger partial charge in [0.2, 0.25) is 0 Å². The molecule has 0 spiro atoms. The highest BCUT2D eigenvalue weighted by Gasteiger charge is 2.30. The number of allylic oxidation sites excluding steroid dienone is 1. The molecular formula is C14H25NO4. The molecule has 5 nitrogen and oxygen atoms in total. The molecule has 0 aromatic heterocycles. The van der Waals surface area contributed by atoms with Crippen molar-refractivity contribution in [2.75, 3.05) is 7.11 Å². The Bertz CT molecular complexity index is 362. The number of nitrogens with two attached hydrogens (primary N) is 1. The maximum absolute atomic E-state index is 12.1. The largest absolute Gasteiger partial charge is 0.465 e. The fourth-order valence-electron chi connectivity index (χ4n) is 1.68. The second kappa shape index (κ2) is 7.16. The van der Waals surface area contributed by atoms with Gasteiger partial charge in [-0.15, -0.1) is 0 Å². The molecule has 0 amide bonds. The van der Waals surface area contributed by atoms with Gasteiger partial charge in [0.15, 0.2) is 5.57 Å². The van der Waals surface area contributed by atoms with Crippen LogP contribution in [0.25, 0.3) is 0 Å². The van der Waals surface area contributed by atoms with E-state index in [1.165, 1.54) is 7.11 Å². The monoisotopic (exact) mass is 271 g/mol. The molecule has 0 aliphatic rings. The van der Waals surface area contributed by atoms with Crippen LogP contribution in [-0.2, 0) is 19.1 Å². The van der Waals surface area contributed by atoms with E-state index in [2.05, 4.69) is 4.74 Å². The van der Waals surface area contributed by atoms with Gasteiger partial charge in [-0.2, -0.15) is 0 Å². The third-order valence-corrected chi connectivity index (χ3v) is 2.71. The smallest absolute Gasteiger partial charge is 0.347 e. The Hall–Kier alpha value is -1.52. The van der Waals surface area contributed by atoms with Crippen LogP contribution < -0.4 is 5.73 Å². The number of ether oxygens (including phenoxy) is 2. The first-order valence-electron chi connectivity index (χ1n) is 6.49. The third-order valence-electron chi connectivity index (χ3n) is 2.71. The summed E-state index contributed by atoms with van der Waals surface area (Å²) in [6.07, 6.45) is 1.48. The standard InChI is InChI=1S/C14H25NO4/c1-7-9(8-2)11(15)10(12(16)18-6)13(17)19-14(3,4)5/h9H,7-8,15H2,1-6H3. The Morgan fingerprint density at radius 3 is 1.89 bits per heavy atom. The molecule has 0 rings (SSSR count). The highest BCUT2D eigenvalue weighted by molar-refractivity contribution is 6.14. The fraction of sp³-hybridized carbons (Fsp3) is 0.714. The second-order valence-electron chi connectivity index (χ2n) is 5.34. The molecular weight excluding hydrogens is 246 g/mol. The van der Waals surface area contributed by atoms with E-state index in [-0.39, 0.29) is 17.2 Å². The summed E-state index contributed by atoms with van der Waals surface area (Å²) in [7, 11) is 1.22. The molecule has 0 aliphatic carbocycles. The van der Waals surface area contributed by atoms with E-state index >= 15 is 0 Å². The van der Waals surface area contributed by atoms with Gasteiger partial charge in [-0.25, -0.2) is 9.59 Å². The molecule has 0 aliphatic heterocycles. The molecule has 0 fully saturated rings. The van der Waals surface area contributed by atoms with Crippen molar-refractivity contribution in [3.63, 3.8) is 0 Å². The molecule has 110 valence electrons. The summed E-state index contributed by atoms with van der Waals surface area (Å²) in [4.78, 5) is 23.8. The molecule has 0 unspecified atom stereocenters. The Kier molecular flexibility index (Phi) is 6.59. The van der Waals surface area contributed by atoms with Gasteiger partial charge in [-0.3, -0.25) is 0 Å². The minimum Gasteiger partial charge on any atom is -0.465 e. The van der Waals surface area contributed by atoms with Gasteiger partial charge in [-0.05, 0) is 39.5 Å². The zero-order chi connectivity index (χ0) is 15.2. The maximum Gasteiger partial charge on any atom is 0.347 e. The van der Waals surface area contributed by atoms with Gasteiger partial charge in [0.1, 0.15) is 5.60 Å². The van der Waals surface area contributed by atoms with Crippen molar-refractivity contribution in [3.05, 3.63) is 11.3 Å². The van der Waals surface area contributed by atoms with Crippen LogP contribution in [0.5, 0.6) is 0 Å². The van der Waals surface area contributed by atoms with Gasteiger partial charge in [0.05, 0.1) is 7.11 Å². The summed E-state index contributed by atoms with van der Waals surface area (Å²) in [6, 6.07) is 0. The second-order valence-corrected chi connectivity index (χ2v) is 5.34. The fourth-order valence-corrected chi connectivity index (χ4v) is 1.68. The van der Waals surface area contributed by atoms with Gasteiger partial charge in [0.25, 0.3) is 0 Å². The van der Waals surface area contributed by atoms with Crippen LogP contribution >= 0.6 is 0 Å². The summed E-state index contributed by atoms with van der Waals surface area (Å²) in [6.45, 7) is 9.09. The minimum atomic E-state index is -0.751. The van der Waals surface area contributed by atoms with E-state index in [0.717, 1.165) is 12.8 Å². The quantitative estimate of drug-likeness (QED) is 0.359. The van der Waals surface area contributed by atoms with Crippen molar-refractivity contribution >= 4 is 11.9 Å². The molecule has 0 atom stereocenters. The van der Waals surface area contributed by atoms with Crippen LogP contribution in [-0.4, -0.2) is 24.6 Å². The molecule has 0 bridgehead atoms. The number of carbonyl (C=O) groups excluding carboxylic acids is 2. The highest BCUT2D eigenvalue weighted by atomic mass is 16.6. The maximum atomic E-state index is 12.1. The predicted octanol–water partition coefficient (Wildman–Crippen LogP) is 2.15. The lowest BCUT2D eigenvalue weighted by Gasteiger charge is -2.22. The summed E-state index contributed by atoms with van der Waals surface area (Å²) in [5.41, 5.74) is 5.32.